The fourth-order valence-electron chi connectivity index (χ4n) is 2.37. The number of hydrogen-bond acceptors (Lipinski definition) is 4. The van der Waals surface area contributed by atoms with Gasteiger partial charge in [0.25, 0.3) is 0 Å². The number of benzene rings is 1. The second-order valence-electron chi connectivity index (χ2n) is 4.94. The number of halogens is 1. The fraction of sp³-hybridized carbons (Fsp3) is 0.312. The van der Waals surface area contributed by atoms with E-state index in [-0.39, 0.29) is 0 Å². The van der Waals surface area contributed by atoms with Crippen molar-refractivity contribution < 1.29 is 4.74 Å². The van der Waals surface area contributed by atoms with Gasteiger partial charge in [0.15, 0.2) is 0 Å². The first-order chi connectivity index (χ1) is 10.2. The molecule has 1 aromatic carbocycles. The molecule has 1 aromatic heterocycles. The van der Waals surface area contributed by atoms with Crippen molar-refractivity contribution in [3.8, 4) is 5.75 Å². The van der Waals surface area contributed by atoms with E-state index in [1.54, 1.807) is 0 Å². The molecule has 1 aliphatic rings. The Labute approximate surface area is 134 Å². The molecule has 0 radical (unpaired) electrons. The molecule has 2 aromatic rings. The molecule has 0 bridgehead atoms. The molecule has 0 saturated carbocycles. The van der Waals surface area contributed by atoms with Crippen molar-refractivity contribution in [1.29, 1.82) is 0 Å². The van der Waals surface area contributed by atoms with Crippen molar-refractivity contribution in [1.82, 2.24) is 4.98 Å². The van der Waals surface area contributed by atoms with Crippen LogP contribution in [-0.4, -0.2) is 17.3 Å². The van der Waals surface area contributed by atoms with Gasteiger partial charge in [-0.05, 0) is 30.9 Å². The van der Waals surface area contributed by atoms with E-state index in [0.717, 1.165) is 35.0 Å². The Morgan fingerprint density at radius 1 is 1.33 bits per heavy atom. The van der Waals surface area contributed by atoms with E-state index in [2.05, 4.69) is 21.4 Å². The number of nitrogens with zero attached hydrogens (tertiary/aromatic N) is 2. The lowest BCUT2D eigenvalue weighted by Crippen LogP contribution is -2.13. The molecule has 1 saturated heterocycles. The Morgan fingerprint density at radius 2 is 2.14 bits per heavy atom. The largest absolute Gasteiger partial charge is 0.487 e. The molecule has 1 aliphatic heterocycles. The maximum atomic E-state index is 6.09. The van der Waals surface area contributed by atoms with Crippen LogP contribution in [0.5, 0.6) is 5.75 Å². The molecule has 0 aliphatic carbocycles. The Bertz CT molecular complexity index is 615. The van der Waals surface area contributed by atoms with Crippen LogP contribution in [0, 0.1) is 6.92 Å². The summed E-state index contributed by atoms with van der Waals surface area (Å²) >= 11 is 7.92. The third-order valence-corrected chi connectivity index (χ3v) is 4.68. The average Bonchev–Trinajstić information content (AvgIpc) is 2.99. The van der Waals surface area contributed by atoms with Crippen LogP contribution in [-0.2, 0) is 6.61 Å². The molecule has 21 heavy (non-hydrogen) atoms. The van der Waals surface area contributed by atoms with Crippen molar-refractivity contribution in [3.05, 3.63) is 52.8 Å². The summed E-state index contributed by atoms with van der Waals surface area (Å²) < 4.78 is 8.28. The van der Waals surface area contributed by atoms with E-state index in [4.69, 9.17) is 16.3 Å². The third-order valence-electron chi connectivity index (χ3n) is 3.34. The molecule has 0 atom stereocenters. The molecule has 0 N–H and O–H groups in total. The Morgan fingerprint density at radius 3 is 2.86 bits per heavy atom. The van der Waals surface area contributed by atoms with Gasteiger partial charge in [-0.1, -0.05) is 41.9 Å². The highest BCUT2D eigenvalue weighted by molar-refractivity contribution is 8.00. The summed E-state index contributed by atoms with van der Waals surface area (Å²) in [4.78, 5) is 4.36. The molecule has 0 amide bonds. The number of anilines is 1. The predicted octanol–water partition coefficient (Wildman–Crippen LogP) is 4.48. The highest BCUT2D eigenvalue weighted by atomic mass is 35.5. The van der Waals surface area contributed by atoms with Crippen molar-refractivity contribution in [2.45, 2.75) is 20.0 Å². The normalized spacial score (nSPS) is 14.5. The number of aromatic nitrogens is 1. The van der Waals surface area contributed by atoms with Gasteiger partial charge in [0.2, 0.25) is 0 Å². The molecule has 110 valence electrons. The number of rotatable bonds is 4. The second-order valence-corrected chi connectivity index (χ2v) is 6.43. The molecule has 3 nitrogen and oxygen atoms in total. The summed E-state index contributed by atoms with van der Waals surface area (Å²) in [6, 6.07) is 12.0. The molecule has 3 rings (SSSR count). The maximum Gasteiger partial charge on any atom is 0.148 e. The number of aryl methyl sites for hydroxylation is 1. The van der Waals surface area contributed by atoms with Gasteiger partial charge in [0.1, 0.15) is 23.2 Å². The summed E-state index contributed by atoms with van der Waals surface area (Å²) in [5.41, 5.74) is 3.11. The zero-order chi connectivity index (χ0) is 14.7. The molecule has 1 fully saturated rings. The van der Waals surface area contributed by atoms with Gasteiger partial charge in [0.05, 0.1) is 5.69 Å². The number of ether oxygens (including phenoxy) is 1. The van der Waals surface area contributed by atoms with E-state index in [9.17, 15) is 0 Å². The first-order valence-electron chi connectivity index (χ1n) is 6.98. The quantitative estimate of drug-likeness (QED) is 0.612. The summed E-state index contributed by atoms with van der Waals surface area (Å²) in [6.07, 6.45) is 1.19. The number of hydrogen-bond donors (Lipinski definition) is 0. The summed E-state index contributed by atoms with van der Waals surface area (Å²) in [5.74, 6) is 1.95. The lowest BCUT2D eigenvalue weighted by molar-refractivity contribution is 0.307. The van der Waals surface area contributed by atoms with Gasteiger partial charge in [-0.25, -0.2) is 4.98 Å². The van der Waals surface area contributed by atoms with Crippen LogP contribution >= 0.6 is 23.5 Å². The Balaban J connectivity index is 1.85. The van der Waals surface area contributed by atoms with Crippen LogP contribution in [0.15, 0.2) is 36.4 Å². The van der Waals surface area contributed by atoms with Crippen LogP contribution in [0.1, 0.15) is 17.7 Å². The van der Waals surface area contributed by atoms with E-state index >= 15 is 0 Å². The first kappa shape index (κ1) is 14.5. The zero-order valence-corrected chi connectivity index (χ0v) is 13.5. The molecule has 0 spiro atoms. The van der Waals surface area contributed by atoms with E-state index in [1.807, 2.05) is 43.1 Å². The highest BCUT2D eigenvalue weighted by Gasteiger charge is 2.21. The third kappa shape index (κ3) is 3.44. The molecular weight excluding hydrogens is 304 g/mol. The van der Waals surface area contributed by atoms with Gasteiger partial charge in [0, 0.05) is 18.4 Å². The van der Waals surface area contributed by atoms with Crippen molar-refractivity contribution >= 4 is 29.2 Å². The van der Waals surface area contributed by atoms with E-state index in [1.165, 1.54) is 6.42 Å². The monoisotopic (exact) mass is 320 g/mol. The van der Waals surface area contributed by atoms with E-state index < -0.39 is 0 Å². The Kier molecular flexibility index (Phi) is 4.56. The summed E-state index contributed by atoms with van der Waals surface area (Å²) in [5, 5.41) is 0.475. The maximum absolute atomic E-state index is 6.09. The predicted molar refractivity (Wildman–Crippen MR) is 89.2 cm³/mol. The van der Waals surface area contributed by atoms with Crippen LogP contribution in [0.3, 0.4) is 0 Å². The average molecular weight is 321 g/mol. The van der Waals surface area contributed by atoms with Gasteiger partial charge >= 0.3 is 0 Å². The first-order valence-corrected chi connectivity index (χ1v) is 8.30. The fourth-order valence-corrected chi connectivity index (χ4v) is 3.69. The van der Waals surface area contributed by atoms with Crippen molar-refractivity contribution in [3.63, 3.8) is 0 Å². The van der Waals surface area contributed by atoms with Crippen LogP contribution in [0.25, 0.3) is 0 Å². The minimum atomic E-state index is 0.475. The highest BCUT2D eigenvalue weighted by Crippen LogP contribution is 2.39. The Hall–Kier alpha value is -1.39. The molecule has 5 heteroatoms. The van der Waals surface area contributed by atoms with Crippen molar-refractivity contribution in [2.24, 2.45) is 0 Å². The lowest BCUT2D eigenvalue weighted by Gasteiger charge is -2.22. The van der Waals surface area contributed by atoms with E-state index in [0.29, 0.717) is 11.8 Å². The van der Waals surface area contributed by atoms with Gasteiger partial charge in [-0.2, -0.15) is 0 Å². The smallest absolute Gasteiger partial charge is 0.148 e. The van der Waals surface area contributed by atoms with Gasteiger partial charge in [-0.15, -0.1) is 0 Å². The molecule has 2 heterocycles. The molecule has 0 unspecified atom stereocenters. The van der Waals surface area contributed by atoms with Gasteiger partial charge < -0.3 is 9.04 Å². The SMILES string of the molecule is Cc1nc(Cl)cc(OCc2ccccc2)c1N1CCCS1. The minimum Gasteiger partial charge on any atom is -0.487 e. The topological polar surface area (TPSA) is 25.4 Å². The van der Waals surface area contributed by atoms with Crippen LogP contribution in [0.4, 0.5) is 5.69 Å². The number of pyridine rings is 1. The lowest BCUT2D eigenvalue weighted by atomic mass is 10.2. The zero-order valence-electron chi connectivity index (χ0n) is 11.9. The second kappa shape index (κ2) is 6.58. The minimum absolute atomic E-state index is 0.475. The summed E-state index contributed by atoms with van der Waals surface area (Å²) in [6.45, 7) is 3.54. The van der Waals surface area contributed by atoms with Gasteiger partial charge in [-0.3, -0.25) is 0 Å². The standard InChI is InChI=1S/C16H17ClN2OS/c1-12-16(19-8-5-9-21-19)14(10-15(17)18-12)20-11-13-6-3-2-4-7-13/h2-4,6-7,10H,5,8-9,11H2,1H3. The summed E-state index contributed by atoms with van der Waals surface area (Å²) in [7, 11) is 0. The van der Waals surface area contributed by atoms with Crippen LogP contribution in [0.2, 0.25) is 5.15 Å². The molecular formula is C16H17ClN2OS. The van der Waals surface area contributed by atoms with Crippen molar-refractivity contribution in [2.75, 3.05) is 16.6 Å². The van der Waals surface area contributed by atoms with Crippen LogP contribution < -0.4 is 9.04 Å².